The molecule has 1 aromatic carbocycles. The van der Waals surface area contributed by atoms with Crippen LogP contribution in [0.15, 0.2) is 54.7 Å². The van der Waals surface area contributed by atoms with Crippen molar-refractivity contribution < 1.29 is 14.3 Å². The van der Waals surface area contributed by atoms with Crippen molar-refractivity contribution in [3.63, 3.8) is 0 Å². The smallest absolute Gasteiger partial charge is 0.356 e. The van der Waals surface area contributed by atoms with Crippen molar-refractivity contribution >= 4 is 11.9 Å². The molecule has 3 aromatic rings. The van der Waals surface area contributed by atoms with Gasteiger partial charge in [0.05, 0.1) is 12.8 Å². The summed E-state index contributed by atoms with van der Waals surface area (Å²) < 4.78 is 5.08. The number of ether oxygens (including phenoxy) is 1. The maximum absolute atomic E-state index is 12.9. The molecule has 1 atom stereocenters. The molecule has 1 aliphatic heterocycles. The number of carbonyl (C=O) groups is 2. The van der Waals surface area contributed by atoms with E-state index in [1.165, 1.54) is 25.5 Å². The third kappa shape index (κ3) is 4.25. The van der Waals surface area contributed by atoms with E-state index in [9.17, 15) is 9.59 Å². The molecule has 0 spiro atoms. The zero-order chi connectivity index (χ0) is 22.9. The van der Waals surface area contributed by atoms with Gasteiger partial charge in [0.15, 0.2) is 5.69 Å². The van der Waals surface area contributed by atoms with Gasteiger partial charge in [-0.2, -0.15) is 0 Å². The lowest BCUT2D eigenvalue weighted by Gasteiger charge is -2.18. The van der Waals surface area contributed by atoms with Gasteiger partial charge < -0.3 is 9.64 Å². The Morgan fingerprint density at radius 1 is 0.970 bits per heavy atom. The average Bonchev–Trinajstić information content (AvgIpc) is 3.59. The zero-order valence-corrected chi connectivity index (χ0v) is 19.0. The second-order valence-corrected chi connectivity index (χ2v) is 8.94. The van der Waals surface area contributed by atoms with Crippen LogP contribution in [0, 0.1) is 6.92 Å². The second kappa shape index (κ2) is 8.77. The number of amides is 1. The van der Waals surface area contributed by atoms with Gasteiger partial charge >= 0.3 is 5.97 Å². The Labute approximate surface area is 193 Å². The Morgan fingerprint density at radius 3 is 2.52 bits per heavy atom. The molecule has 1 aliphatic carbocycles. The van der Waals surface area contributed by atoms with Crippen LogP contribution in [0.4, 0.5) is 0 Å². The highest BCUT2D eigenvalue weighted by atomic mass is 16.5. The van der Waals surface area contributed by atoms with Crippen molar-refractivity contribution in [2.24, 2.45) is 0 Å². The minimum Gasteiger partial charge on any atom is -0.464 e. The lowest BCUT2D eigenvalue weighted by molar-refractivity contribution is 0.0592. The topological polar surface area (TPSA) is 72.4 Å². The molecular formula is C27H27N3O3. The van der Waals surface area contributed by atoms with Gasteiger partial charge in [-0.1, -0.05) is 36.4 Å². The molecule has 0 N–H and O–H groups in total. The van der Waals surface area contributed by atoms with Gasteiger partial charge in [0, 0.05) is 30.8 Å². The van der Waals surface area contributed by atoms with E-state index < -0.39 is 5.97 Å². The summed E-state index contributed by atoms with van der Waals surface area (Å²) in [5.41, 5.74) is 5.79. The molecule has 6 nitrogen and oxygen atoms in total. The normalized spacial score (nSPS) is 17.8. The Bertz CT molecular complexity index is 1200. The van der Waals surface area contributed by atoms with E-state index in [-0.39, 0.29) is 11.8 Å². The number of rotatable bonds is 5. The highest BCUT2D eigenvalue weighted by Crippen LogP contribution is 2.44. The SMILES string of the molecule is COC(=O)c1nc(-c2ccccc2C2CC2)ccc1C1CCN(C(=O)c2ccc(C)cn2)C1. The Hall–Kier alpha value is -3.54. The number of aryl methyl sites for hydroxylation is 1. The first-order valence-corrected chi connectivity index (χ1v) is 11.5. The summed E-state index contributed by atoms with van der Waals surface area (Å²) in [7, 11) is 1.38. The number of likely N-dealkylation sites (tertiary alicyclic amines) is 1. The van der Waals surface area contributed by atoms with Crippen LogP contribution in [0.2, 0.25) is 0 Å². The van der Waals surface area contributed by atoms with Gasteiger partial charge in [-0.25, -0.2) is 9.78 Å². The van der Waals surface area contributed by atoms with Crippen LogP contribution in [-0.4, -0.2) is 46.9 Å². The molecule has 33 heavy (non-hydrogen) atoms. The second-order valence-electron chi connectivity index (χ2n) is 8.94. The van der Waals surface area contributed by atoms with E-state index in [0.29, 0.717) is 30.4 Å². The number of methoxy groups -OCH3 is 1. The number of carbonyl (C=O) groups excluding carboxylic acids is 2. The monoisotopic (exact) mass is 441 g/mol. The van der Waals surface area contributed by atoms with Gasteiger partial charge in [-0.05, 0) is 60.9 Å². The largest absolute Gasteiger partial charge is 0.464 e. The first kappa shape index (κ1) is 21.3. The number of aromatic nitrogens is 2. The summed E-state index contributed by atoms with van der Waals surface area (Å²) in [6, 6.07) is 15.9. The third-order valence-electron chi connectivity index (χ3n) is 6.60. The van der Waals surface area contributed by atoms with Crippen molar-refractivity contribution in [3.05, 3.63) is 82.8 Å². The average molecular weight is 442 g/mol. The number of hydrogen-bond donors (Lipinski definition) is 0. The molecule has 2 aliphatic rings. The first-order chi connectivity index (χ1) is 16.0. The molecule has 1 unspecified atom stereocenters. The molecule has 6 heteroatoms. The fourth-order valence-electron chi connectivity index (χ4n) is 4.65. The fraction of sp³-hybridized carbons (Fsp3) is 0.333. The Kier molecular flexibility index (Phi) is 5.67. The maximum atomic E-state index is 12.9. The van der Waals surface area contributed by atoms with E-state index in [0.717, 1.165) is 28.8 Å². The predicted octanol–water partition coefficient (Wildman–Crippen LogP) is 4.75. The van der Waals surface area contributed by atoms with Crippen LogP contribution in [0.1, 0.15) is 68.8 Å². The fourth-order valence-corrected chi connectivity index (χ4v) is 4.65. The standard InChI is InChI=1S/C27H27N3O3/c1-17-7-11-24(28-15-17)26(31)30-14-13-19(16-30)21-10-12-23(29-25(21)27(32)33-2)22-6-4-3-5-20(22)18-8-9-18/h3-7,10-12,15,18-19H,8-9,13-14,16H2,1-2H3. The number of pyridine rings is 2. The van der Waals surface area contributed by atoms with E-state index in [4.69, 9.17) is 9.72 Å². The quantitative estimate of drug-likeness (QED) is 0.535. The molecule has 2 aromatic heterocycles. The van der Waals surface area contributed by atoms with Crippen molar-refractivity contribution in [2.45, 2.75) is 38.0 Å². The molecule has 0 radical (unpaired) electrons. The van der Waals surface area contributed by atoms with Gasteiger partial charge in [-0.3, -0.25) is 9.78 Å². The molecular weight excluding hydrogens is 414 g/mol. The highest BCUT2D eigenvalue weighted by molar-refractivity contribution is 5.93. The summed E-state index contributed by atoms with van der Waals surface area (Å²) in [6.45, 7) is 3.09. The van der Waals surface area contributed by atoms with E-state index in [1.54, 1.807) is 17.2 Å². The van der Waals surface area contributed by atoms with Crippen LogP contribution < -0.4 is 0 Å². The van der Waals surface area contributed by atoms with E-state index in [2.05, 4.69) is 23.2 Å². The number of hydrogen-bond acceptors (Lipinski definition) is 5. The molecule has 1 amide bonds. The lowest BCUT2D eigenvalue weighted by atomic mass is 9.94. The van der Waals surface area contributed by atoms with E-state index in [1.807, 2.05) is 31.2 Å². The molecule has 5 rings (SSSR count). The summed E-state index contributed by atoms with van der Waals surface area (Å²) in [5.74, 6) is 0.0727. The van der Waals surface area contributed by atoms with Gasteiger partial charge in [-0.15, -0.1) is 0 Å². The zero-order valence-electron chi connectivity index (χ0n) is 19.0. The number of benzene rings is 1. The Morgan fingerprint density at radius 2 is 1.79 bits per heavy atom. The molecule has 168 valence electrons. The van der Waals surface area contributed by atoms with Crippen molar-refractivity contribution in [1.29, 1.82) is 0 Å². The third-order valence-corrected chi connectivity index (χ3v) is 6.60. The van der Waals surface area contributed by atoms with Gasteiger partial charge in [0.2, 0.25) is 0 Å². The summed E-state index contributed by atoms with van der Waals surface area (Å²) in [6.07, 6.45) is 4.86. The number of nitrogens with zero attached hydrogens (tertiary/aromatic N) is 3. The first-order valence-electron chi connectivity index (χ1n) is 11.5. The minimum atomic E-state index is -0.444. The lowest BCUT2D eigenvalue weighted by Crippen LogP contribution is -2.29. The summed E-state index contributed by atoms with van der Waals surface area (Å²) in [5, 5.41) is 0. The van der Waals surface area contributed by atoms with Crippen LogP contribution >= 0.6 is 0 Å². The summed E-state index contributed by atoms with van der Waals surface area (Å²) >= 11 is 0. The van der Waals surface area contributed by atoms with Crippen LogP contribution in [0.5, 0.6) is 0 Å². The summed E-state index contributed by atoms with van der Waals surface area (Å²) in [4.78, 5) is 36.5. The van der Waals surface area contributed by atoms with Crippen molar-refractivity contribution in [2.75, 3.05) is 20.2 Å². The maximum Gasteiger partial charge on any atom is 0.356 e. The van der Waals surface area contributed by atoms with Gasteiger partial charge in [0.25, 0.3) is 5.91 Å². The molecule has 3 heterocycles. The van der Waals surface area contributed by atoms with E-state index >= 15 is 0 Å². The molecule has 1 saturated heterocycles. The minimum absolute atomic E-state index is 0.0220. The molecule has 0 bridgehead atoms. The van der Waals surface area contributed by atoms with Crippen LogP contribution in [0.3, 0.4) is 0 Å². The highest BCUT2D eigenvalue weighted by Gasteiger charge is 2.32. The van der Waals surface area contributed by atoms with Gasteiger partial charge in [0.1, 0.15) is 5.69 Å². The molecule has 2 fully saturated rings. The molecule has 1 saturated carbocycles. The number of esters is 1. The van der Waals surface area contributed by atoms with Crippen LogP contribution in [0.25, 0.3) is 11.3 Å². The Balaban J connectivity index is 1.43. The van der Waals surface area contributed by atoms with Crippen molar-refractivity contribution in [1.82, 2.24) is 14.9 Å². The van der Waals surface area contributed by atoms with Crippen LogP contribution in [-0.2, 0) is 4.74 Å². The predicted molar refractivity (Wildman–Crippen MR) is 125 cm³/mol. The van der Waals surface area contributed by atoms with Crippen molar-refractivity contribution in [3.8, 4) is 11.3 Å².